The van der Waals surface area contributed by atoms with Gasteiger partial charge in [-0.3, -0.25) is 33.6 Å². The van der Waals surface area contributed by atoms with Crippen molar-refractivity contribution in [3.05, 3.63) is 138 Å². The number of hydrogen-bond acceptors (Lipinski definition) is 11. The molecule has 0 spiro atoms. The minimum Gasteiger partial charge on any atom is -0.360 e. The average Bonchev–Trinajstić information content (AvgIpc) is 3.65. The van der Waals surface area contributed by atoms with Crippen molar-refractivity contribution in [2.75, 3.05) is 50.4 Å². The molecule has 3 unspecified atom stereocenters. The Balaban J connectivity index is 1.23. The van der Waals surface area contributed by atoms with Crippen molar-refractivity contribution in [1.29, 1.82) is 0 Å². The molecule has 14 heteroatoms. The van der Waals surface area contributed by atoms with Crippen LogP contribution in [0.1, 0.15) is 144 Å². The SMILES string of the molecule is CCC(C)(NCCNC(=O)CN(C)C(C)(CC)C(=O)CCCCCN1\C(=C/C=C/C=C/C=C/C(=NCCCCS(=O)(=O)O)C(C)(C)c2c(C)ccc3ccccc23)C(C)(C)c2c1ccc1ccccc21)C(=O)[C@H](C)OC(C)C(C)=O. The molecule has 1 aliphatic heterocycles. The molecular formula is C66H91N5O8S. The van der Waals surface area contributed by atoms with Crippen LogP contribution in [0.4, 0.5) is 5.69 Å². The Hall–Kier alpha value is -5.90. The maximum atomic E-state index is 14.0. The number of nitrogens with one attached hydrogen (secondary N) is 2. The van der Waals surface area contributed by atoms with E-state index >= 15 is 0 Å². The molecule has 0 aromatic heterocycles. The topological polar surface area (TPSA) is 175 Å². The lowest BCUT2D eigenvalue weighted by atomic mass is 9.75. The van der Waals surface area contributed by atoms with Crippen molar-refractivity contribution < 1.29 is 36.9 Å². The third kappa shape index (κ3) is 16.4. The Bertz CT molecular complexity index is 3100. The first-order valence-electron chi connectivity index (χ1n) is 28.7. The Kier molecular flexibility index (Phi) is 23.3. The van der Waals surface area contributed by atoms with Crippen LogP contribution in [0.5, 0.6) is 0 Å². The van der Waals surface area contributed by atoms with Crippen molar-refractivity contribution >= 4 is 66.3 Å². The first-order chi connectivity index (χ1) is 37.7. The highest BCUT2D eigenvalue weighted by molar-refractivity contribution is 7.85. The van der Waals surface area contributed by atoms with Gasteiger partial charge in [-0.25, -0.2) is 0 Å². The van der Waals surface area contributed by atoms with Gasteiger partial charge in [0.15, 0.2) is 17.3 Å². The zero-order chi connectivity index (χ0) is 59.1. The van der Waals surface area contributed by atoms with Gasteiger partial charge in [0.2, 0.25) is 5.91 Å². The van der Waals surface area contributed by atoms with Gasteiger partial charge < -0.3 is 20.3 Å². The van der Waals surface area contributed by atoms with E-state index in [4.69, 9.17) is 9.73 Å². The Morgan fingerprint density at radius 2 is 1.44 bits per heavy atom. The second-order valence-electron chi connectivity index (χ2n) is 23.1. The van der Waals surface area contributed by atoms with Crippen LogP contribution in [0.3, 0.4) is 0 Å². The van der Waals surface area contributed by atoms with E-state index < -0.39 is 38.8 Å². The molecule has 0 saturated carbocycles. The Morgan fingerprint density at radius 1 is 0.800 bits per heavy atom. The molecule has 5 rings (SSSR count). The zero-order valence-corrected chi connectivity index (χ0v) is 50.9. The highest BCUT2D eigenvalue weighted by Gasteiger charge is 2.41. The van der Waals surface area contributed by atoms with Gasteiger partial charge in [0, 0.05) is 60.5 Å². The zero-order valence-electron chi connectivity index (χ0n) is 50.1. The first-order valence-corrected chi connectivity index (χ1v) is 30.3. The van der Waals surface area contributed by atoms with E-state index in [1.807, 2.05) is 69.2 Å². The van der Waals surface area contributed by atoms with E-state index in [9.17, 15) is 32.1 Å². The van der Waals surface area contributed by atoms with Crippen molar-refractivity contribution in [3.63, 3.8) is 0 Å². The van der Waals surface area contributed by atoms with Crippen LogP contribution in [0.15, 0.2) is 126 Å². The molecule has 1 heterocycles. The summed E-state index contributed by atoms with van der Waals surface area (Å²) in [7, 11) is -2.21. The lowest BCUT2D eigenvalue weighted by Crippen LogP contribution is -2.56. The number of allylic oxidation sites excluding steroid dienone is 8. The number of anilines is 1. The number of rotatable bonds is 32. The summed E-state index contributed by atoms with van der Waals surface area (Å²) < 4.78 is 37.7. The van der Waals surface area contributed by atoms with Crippen LogP contribution in [0.2, 0.25) is 0 Å². The fourth-order valence-electron chi connectivity index (χ4n) is 11.1. The normalized spacial score (nSPS) is 17.0. The number of Topliss-reactive ketones (excluding diaryl/α,β-unsaturated/α-hetero) is 3. The van der Waals surface area contributed by atoms with Crippen LogP contribution in [0.25, 0.3) is 21.5 Å². The van der Waals surface area contributed by atoms with Gasteiger partial charge in [0.05, 0.1) is 23.4 Å². The van der Waals surface area contributed by atoms with Crippen LogP contribution < -0.4 is 15.5 Å². The number of nitrogens with zero attached hydrogens (tertiary/aromatic N) is 3. The largest absolute Gasteiger partial charge is 0.360 e. The standard InChI is InChI=1S/C66H91N5O8S/c1-14-65(11,62(75)50(6)79-49(5)48(4)72)69-43-42-68-59(74)46-70(13)66(12,15-2)58(73)36-22-19-28-44-71-55-40-39-52-31-24-26-33-54(52)61(55)64(9,10)57(71)35-21-18-16-17-20-34-56(67-41-27-29-45-80(76,77)78)63(7,8)60-47(3)37-38-51-30-23-25-32-53(51)60/h16-18,20-21,23-26,30-35,37-40,49-50,69H,14-15,19,22,27-29,36,41-46H2,1-13H3,(H,68,74)(H,76,77,78)/b17-16+,21-18+,34-20+,57-35-,67-56?/t49?,50-,65?,66?/m0/s1. The lowest BCUT2D eigenvalue weighted by molar-refractivity contribution is -0.144. The third-order valence-corrected chi connectivity index (χ3v) is 17.4. The predicted octanol–water partition coefficient (Wildman–Crippen LogP) is 12.1. The van der Waals surface area contributed by atoms with Crippen LogP contribution in [0, 0.1) is 6.92 Å². The van der Waals surface area contributed by atoms with E-state index in [0.717, 1.165) is 42.5 Å². The molecular weight excluding hydrogens is 1020 g/mol. The fourth-order valence-corrected chi connectivity index (χ4v) is 11.7. The summed E-state index contributed by atoms with van der Waals surface area (Å²) in [5, 5.41) is 11.0. The Labute approximate surface area is 478 Å². The van der Waals surface area contributed by atoms with Crippen LogP contribution in [-0.2, 0) is 44.9 Å². The molecule has 434 valence electrons. The summed E-state index contributed by atoms with van der Waals surface area (Å²) in [6.07, 6.45) is 17.7. The molecule has 0 fully saturated rings. The fraction of sp³-hybridized carbons (Fsp3) is 0.500. The average molecular weight is 1110 g/mol. The Morgan fingerprint density at radius 3 is 2.10 bits per heavy atom. The number of unbranched alkanes of at least 4 members (excludes halogenated alkanes) is 3. The van der Waals surface area contributed by atoms with Gasteiger partial charge in [-0.15, -0.1) is 0 Å². The summed E-state index contributed by atoms with van der Waals surface area (Å²) in [6.45, 7) is 25.3. The maximum Gasteiger partial charge on any atom is 0.264 e. The first kappa shape index (κ1) is 64.9. The molecule has 1 amide bonds. The number of likely N-dealkylation sites (N-methyl/N-ethyl adjacent to an activating group) is 1. The van der Waals surface area contributed by atoms with E-state index in [0.29, 0.717) is 51.7 Å². The van der Waals surface area contributed by atoms with E-state index in [-0.39, 0.29) is 41.0 Å². The summed E-state index contributed by atoms with van der Waals surface area (Å²) >= 11 is 0. The third-order valence-electron chi connectivity index (χ3n) is 16.6. The number of carbonyl (C=O) groups is 4. The number of fused-ring (bicyclic) bond motifs is 4. The van der Waals surface area contributed by atoms with Crippen molar-refractivity contribution in [1.82, 2.24) is 15.5 Å². The van der Waals surface area contributed by atoms with E-state index in [1.54, 1.807) is 20.8 Å². The maximum absolute atomic E-state index is 14.0. The molecule has 80 heavy (non-hydrogen) atoms. The number of benzene rings is 4. The summed E-state index contributed by atoms with van der Waals surface area (Å²) in [5.74, 6) is -0.686. The highest BCUT2D eigenvalue weighted by atomic mass is 32.2. The lowest BCUT2D eigenvalue weighted by Gasteiger charge is -2.36. The number of amides is 1. The molecule has 4 aromatic rings. The van der Waals surface area contributed by atoms with E-state index in [2.05, 4.69) is 129 Å². The van der Waals surface area contributed by atoms with Gasteiger partial charge >= 0.3 is 0 Å². The molecule has 0 radical (unpaired) electrons. The quantitative estimate of drug-likeness (QED) is 0.0184. The van der Waals surface area contributed by atoms with Gasteiger partial charge in [0.25, 0.3) is 10.1 Å². The molecule has 1 aliphatic rings. The summed E-state index contributed by atoms with van der Waals surface area (Å²) in [4.78, 5) is 61.5. The number of aliphatic imine (C=N–C) groups is 1. The number of carbonyl (C=O) groups excluding carboxylic acids is 4. The van der Waals surface area contributed by atoms with Crippen LogP contribution >= 0.6 is 0 Å². The smallest absolute Gasteiger partial charge is 0.264 e. The molecule has 0 saturated heterocycles. The second-order valence-corrected chi connectivity index (χ2v) is 24.6. The van der Waals surface area contributed by atoms with E-state index in [1.165, 1.54) is 45.6 Å². The molecule has 3 N–H and O–H groups in total. The molecule has 13 nitrogen and oxygen atoms in total. The molecule has 4 aromatic carbocycles. The second kappa shape index (κ2) is 28.7. The van der Waals surface area contributed by atoms with Gasteiger partial charge in [-0.1, -0.05) is 145 Å². The minimum absolute atomic E-state index is 0.0506. The highest BCUT2D eigenvalue weighted by Crippen LogP contribution is 2.51. The van der Waals surface area contributed by atoms with Gasteiger partial charge in [0.1, 0.15) is 12.2 Å². The van der Waals surface area contributed by atoms with Crippen molar-refractivity contribution in [2.45, 2.75) is 169 Å². The molecule has 0 aliphatic carbocycles. The summed E-state index contributed by atoms with van der Waals surface area (Å²) in [6, 6.07) is 25.7. The van der Waals surface area contributed by atoms with Crippen molar-refractivity contribution in [2.24, 2.45) is 4.99 Å². The summed E-state index contributed by atoms with van der Waals surface area (Å²) in [5.41, 5.74) is 4.42. The van der Waals surface area contributed by atoms with Crippen molar-refractivity contribution in [3.8, 4) is 0 Å². The minimum atomic E-state index is -4.04. The number of ketones is 3. The van der Waals surface area contributed by atoms with Gasteiger partial charge in [-0.2, -0.15) is 8.42 Å². The number of hydrogen-bond donors (Lipinski definition) is 3. The monoisotopic (exact) mass is 1110 g/mol. The van der Waals surface area contributed by atoms with Gasteiger partial charge in [-0.05, 0) is 144 Å². The number of ether oxygens (including phenoxy) is 1. The predicted molar refractivity (Wildman–Crippen MR) is 330 cm³/mol. The van der Waals surface area contributed by atoms with Crippen LogP contribution in [-0.4, -0.2) is 116 Å². The molecule has 0 bridgehead atoms. The molecule has 4 atom stereocenters. The number of aryl methyl sites for hydroxylation is 1.